The van der Waals surface area contributed by atoms with E-state index in [-0.39, 0.29) is 0 Å². The van der Waals surface area contributed by atoms with E-state index in [9.17, 15) is 32.9 Å². The highest BCUT2D eigenvalue weighted by molar-refractivity contribution is 6.25. The average Bonchev–Trinajstić information content (AvgIpc) is 0.788. The molecule has 2 heterocycles. The molecule has 2 nitrogen and oxygen atoms in total. The Labute approximate surface area is 635 Å². The summed E-state index contributed by atoms with van der Waals surface area (Å²) in [5, 5.41) is -11.4. The van der Waals surface area contributed by atoms with Crippen molar-refractivity contribution in [1.29, 1.82) is 0 Å². The minimum Gasteiger partial charge on any atom is -0.456 e. The number of rotatable bonds is 7. The van der Waals surface area contributed by atoms with E-state index in [2.05, 4.69) is 0 Å². The van der Waals surface area contributed by atoms with E-state index >= 15 is 0 Å². The second kappa shape index (κ2) is 22.6. The first-order valence-electron chi connectivity index (χ1n) is 57.3. The summed E-state index contributed by atoms with van der Waals surface area (Å²) in [5.74, 6) is 0. The fourth-order valence-corrected chi connectivity index (χ4v) is 11.6. The normalized spacial score (nSPS) is 20.2. The quantitative estimate of drug-likeness (QED) is 0.149. The zero-order valence-electron chi connectivity index (χ0n) is 106. The molecule has 0 radical (unpaired) electrons. The average molecular weight is 1280 g/mol. The van der Waals surface area contributed by atoms with Crippen LogP contribution in [-0.4, -0.2) is 0 Å². The molecular weight excluding hydrogens is 1160 g/mol. The lowest BCUT2D eigenvalue weighted by Crippen LogP contribution is -1.92. The molecule has 20 rings (SSSR count). The van der Waals surface area contributed by atoms with Gasteiger partial charge < -0.3 is 8.83 Å². The smallest absolute Gasteiger partial charge is 0.136 e. The van der Waals surface area contributed by atoms with E-state index in [1.54, 1.807) is 0 Å². The number of hydrogen-bond donors (Lipinski definition) is 0. The molecule has 0 spiro atoms. The molecule has 0 unspecified atom stereocenters. The Morgan fingerprint density at radius 1 is 0.167 bits per heavy atom. The van der Waals surface area contributed by atoms with E-state index in [0.29, 0.717) is 0 Å². The zero-order valence-corrected chi connectivity index (χ0v) is 47.8. The predicted octanol–water partition coefficient (Wildman–Crippen LogP) is 26.9. The Hall–Kier alpha value is -12.6. The maximum Gasteiger partial charge on any atom is 0.136 e. The van der Waals surface area contributed by atoms with Crippen LogP contribution in [0.15, 0.2) is 359 Å². The minimum absolute atomic E-state index is 0.454. The largest absolute Gasteiger partial charge is 0.456 e. The van der Waals surface area contributed by atoms with Crippen molar-refractivity contribution in [2.24, 2.45) is 0 Å². The molecule has 446 valence electrons. The van der Waals surface area contributed by atoms with Crippen LogP contribution in [-0.2, 0) is 0 Å². The van der Waals surface area contributed by atoms with Gasteiger partial charge >= 0.3 is 0 Å². The summed E-state index contributed by atoms with van der Waals surface area (Å²) in [7, 11) is 0. The van der Waals surface area contributed by atoms with E-state index in [4.69, 9.17) is 55.4 Å². The van der Waals surface area contributed by atoms with Crippen LogP contribution in [0.3, 0.4) is 0 Å². The third kappa shape index (κ3) is 9.10. The minimum atomic E-state index is -1.15. The Morgan fingerprint density at radius 2 is 0.469 bits per heavy atom. The van der Waals surface area contributed by atoms with Gasteiger partial charge in [-0.15, -0.1) is 0 Å². The molecule has 2 aromatic heterocycles. The van der Waals surface area contributed by atoms with Crippen molar-refractivity contribution in [3.8, 4) is 77.9 Å². The Balaban J connectivity index is 0.000000192. The van der Waals surface area contributed by atoms with Gasteiger partial charge in [0.15, 0.2) is 0 Å². The van der Waals surface area contributed by atoms with Gasteiger partial charge in [0.2, 0.25) is 0 Å². The third-order valence-corrected chi connectivity index (χ3v) is 15.6. The summed E-state index contributed by atoms with van der Waals surface area (Å²) in [6.07, 6.45) is 0. The molecule has 0 aliphatic carbocycles. The predicted molar refractivity (Wildman–Crippen MR) is 408 cm³/mol. The highest BCUT2D eigenvalue weighted by Crippen LogP contribution is 2.49. The van der Waals surface area contributed by atoms with Crippen molar-refractivity contribution >= 4 is 119 Å². The molecule has 0 amide bonds. The molecule has 18 aromatic carbocycles. The molecule has 0 atom stereocenters. The summed E-state index contributed by atoms with van der Waals surface area (Å²) < 4.78 is 534. The maximum absolute atomic E-state index is 9.73. The molecule has 0 saturated carbocycles. The van der Waals surface area contributed by atoms with Crippen LogP contribution in [0.1, 0.15) is 79.5 Å². The lowest BCUT2D eigenvalue weighted by molar-refractivity contribution is 0.669. The third-order valence-electron chi connectivity index (χ3n) is 15.6. The van der Waals surface area contributed by atoms with Crippen LogP contribution in [0.25, 0.3) is 197 Å². The van der Waals surface area contributed by atoms with E-state index in [1.807, 2.05) is 0 Å². The SMILES string of the molecule is [2H]c1c([2H])c(-c2c([2H])c([2H])c([2H])c3oc4c([2H])c5c([2H])c([2H])c([2H])c([2H])c5c([2H])c4c23)c([2H])c([2H])c1-c1c2c([2H])c([2H])c([2H])c([2H])c2c(-c2c([2H])c([2H])c3c([2H])c([2H])c([2H])c([2H])c3c2[2H])c2c([2H])c([2H])c([2H])c([2H])c12.[2H]c1c([2H])c([2H])c(-c2c([2H])c([2H])c([2H])c([2H])c2-c2c3c([2H])c([2H])c([2H])c([2H])c3c(-c3c([2H])c([2H])c(-c4c([2H])c([2H])c([2H])c5oc6c([2H])c7c([2H])c([2H])c([2H])c([2H])c7c([2H])c6c45)c([2H])c3[2H])c3c([2H])c([2H])c([2H])c([2H])c23)c([2H])c1[2H]. The van der Waals surface area contributed by atoms with Crippen molar-refractivity contribution in [2.45, 2.75) is 0 Å². The fourth-order valence-electron chi connectivity index (χ4n) is 11.6. The molecule has 0 aliphatic rings. The van der Waals surface area contributed by atoms with Crippen LogP contribution >= 0.6 is 0 Å². The molecule has 96 heavy (non-hydrogen) atoms. The van der Waals surface area contributed by atoms with Gasteiger partial charge in [-0.1, -0.05) is 308 Å². The van der Waals surface area contributed by atoms with Gasteiger partial charge in [0.25, 0.3) is 0 Å². The summed E-state index contributed by atoms with van der Waals surface area (Å²) in [4.78, 5) is 0. The Bertz CT molecular complexity index is 9930. The van der Waals surface area contributed by atoms with Crippen molar-refractivity contribution in [1.82, 2.24) is 0 Å². The highest BCUT2D eigenvalue weighted by atomic mass is 16.3. The highest BCUT2D eigenvalue weighted by Gasteiger charge is 2.22. The summed E-state index contributed by atoms with van der Waals surface area (Å²) in [6.45, 7) is 0. The van der Waals surface area contributed by atoms with Crippen LogP contribution in [0, 0.1) is 0 Å². The summed E-state index contributed by atoms with van der Waals surface area (Å²) in [6, 6.07) is -54.9. The van der Waals surface area contributed by atoms with E-state index in [1.165, 1.54) is 0 Å². The van der Waals surface area contributed by atoms with Crippen molar-refractivity contribution < 1.29 is 88.3 Å². The van der Waals surface area contributed by atoms with E-state index in [0.717, 1.165) is 0 Å². The lowest BCUT2D eigenvalue weighted by atomic mass is 9.83. The monoisotopic (exact) mass is 1280 g/mol. The molecule has 2 heteroatoms. The number of furan rings is 2. The van der Waals surface area contributed by atoms with Gasteiger partial charge in [0.1, 0.15) is 22.3 Å². The fraction of sp³-hybridized carbons (Fsp3) is 0. The zero-order chi connectivity index (χ0) is 114. The molecule has 20 aromatic rings. The molecule has 0 aliphatic heterocycles. The van der Waals surface area contributed by atoms with Crippen molar-refractivity contribution in [2.75, 3.05) is 0 Å². The number of fused-ring (bicyclic) bond motifs is 13. The molecule has 0 saturated heterocycles. The lowest BCUT2D eigenvalue weighted by Gasteiger charge is -2.20. The van der Waals surface area contributed by atoms with Gasteiger partial charge in [0.05, 0.1) is 79.5 Å². The van der Waals surface area contributed by atoms with Gasteiger partial charge in [0, 0.05) is 21.5 Å². The van der Waals surface area contributed by atoms with Gasteiger partial charge in [-0.25, -0.2) is 0 Å². The standard InChI is InChI=1S/C48H30O.C46H28O/c1-2-13-31(14-3-1)36-17-6-7-18-38(36)47-41-21-10-8-19-39(41)46(40-20-9-11-22-42(40)47)33-27-25-32(26-28-33)37-23-12-24-44-48(37)43-29-34-15-4-5-16-35(34)30-45(43)49-44;1-2-11-32-26-35(25-20-29(32)10-1)45-39-16-7-5-14-37(39)44(38-15-6-8-17-40(38)45)31-23-21-30(22-24-31)36-18-9-19-42-46(36)41-27-33-12-3-4-13-34(33)28-43(41)47-42/h1-30H;1-28H/i1D,2D,3D,4D,5D,6D,7D,8D,9D,10D,11D,12D,13D,14D,15D,16D,17D,18D,19D,20D,21D,22D,23D,24D,25D,26D,27D,28D,29D,30D;1D,2D,3D,4D,5D,6D,7D,8D,9D,10D,11D,12D,13D,14D,15D,16D,17D,18D,19D,20D,21D,22D,23D,24D,25D,26D,27D,28D. The second-order valence-corrected chi connectivity index (χ2v) is 20.8. The number of hydrogen-bond acceptors (Lipinski definition) is 2. The second-order valence-electron chi connectivity index (χ2n) is 20.8. The van der Waals surface area contributed by atoms with Crippen molar-refractivity contribution in [3.05, 3.63) is 350 Å². The molecule has 0 fully saturated rings. The Morgan fingerprint density at radius 3 is 0.906 bits per heavy atom. The van der Waals surface area contributed by atoms with Crippen molar-refractivity contribution in [3.63, 3.8) is 0 Å². The first-order chi connectivity index (χ1) is 71.8. The van der Waals surface area contributed by atoms with Crippen LogP contribution in [0.2, 0.25) is 0 Å². The molecule has 0 N–H and O–H groups in total. The summed E-state index contributed by atoms with van der Waals surface area (Å²) in [5.41, 5.74) is -13.8. The van der Waals surface area contributed by atoms with Crippen LogP contribution < -0.4 is 0 Å². The van der Waals surface area contributed by atoms with Gasteiger partial charge in [-0.3, -0.25) is 0 Å². The van der Waals surface area contributed by atoms with Crippen LogP contribution in [0.4, 0.5) is 0 Å². The maximum atomic E-state index is 9.73. The van der Waals surface area contributed by atoms with Crippen LogP contribution in [0.5, 0.6) is 0 Å². The first kappa shape index (κ1) is 22.3. The van der Waals surface area contributed by atoms with E-state index < -0.39 is 548 Å². The molecule has 0 bridgehead atoms. The topological polar surface area (TPSA) is 26.3 Å². The summed E-state index contributed by atoms with van der Waals surface area (Å²) >= 11 is 0. The number of benzene rings is 18. The van der Waals surface area contributed by atoms with Gasteiger partial charge in [-0.2, -0.15) is 0 Å². The van der Waals surface area contributed by atoms with Gasteiger partial charge in [-0.05, 0) is 196 Å². The molecular formula is C94H58O2. The first-order valence-corrected chi connectivity index (χ1v) is 28.3. The Kier molecular flexibility index (Phi) is 5.24.